The van der Waals surface area contributed by atoms with Crippen LogP contribution in [0, 0.1) is 0 Å². The molecule has 2 aromatic carbocycles. The fourth-order valence-electron chi connectivity index (χ4n) is 4.04. The molecular weight excluding hydrogens is 412 g/mol. The minimum atomic E-state index is -0.0981. The van der Waals surface area contributed by atoms with Gasteiger partial charge in [0.05, 0.1) is 28.7 Å². The number of aromatic nitrogens is 4. The third kappa shape index (κ3) is 4.83. The normalized spacial score (nSPS) is 13.6. The van der Waals surface area contributed by atoms with Crippen LogP contribution >= 0.6 is 0 Å². The quantitative estimate of drug-likeness (QED) is 0.430. The lowest BCUT2D eigenvalue weighted by Crippen LogP contribution is -2.25. The molecule has 4 aromatic rings. The van der Waals surface area contributed by atoms with Gasteiger partial charge in [-0.3, -0.25) is 4.79 Å². The minimum Gasteiger partial charge on any atom is -0.352 e. The number of carbonyl (C=O) groups is 1. The number of nitrogens with zero attached hydrogens (tertiary/aromatic N) is 4. The Kier molecular flexibility index (Phi) is 6.21. The molecule has 5 rings (SSSR count). The van der Waals surface area contributed by atoms with Crippen molar-refractivity contribution in [2.75, 3.05) is 19.6 Å². The van der Waals surface area contributed by atoms with Crippen molar-refractivity contribution in [3.63, 3.8) is 0 Å². The summed E-state index contributed by atoms with van der Waals surface area (Å²) in [6.07, 6.45) is 9.37. The number of hydrogen-bond donors (Lipinski definition) is 2. The van der Waals surface area contributed by atoms with Gasteiger partial charge in [-0.2, -0.15) is 0 Å². The Morgan fingerprint density at radius 1 is 1.06 bits per heavy atom. The van der Waals surface area contributed by atoms with Crippen molar-refractivity contribution in [1.82, 2.24) is 30.2 Å². The van der Waals surface area contributed by atoms with Gasteiger partial charge in [0, 0.05) is 43.2 Å². The molecule has 0 radical (unpaired) electrons. The third-order valence-corrected chi connectivity index (χ3v) is 5.78. The van der Waals surface area contributed by atoms with E-state index in [1.54, 1.807) is 12.5 Å². The van der Waals surface area contributed by atoms with Gasteiger partial charge in [0.15, 0.2) is 0 Å². The Morgan fingerprint density at radius 3 is 2.73 bits per heavy atom. The van der Waals surface area contributed by atoms with Crippen LogP contribution in [0.5, 0.6) is 0 Å². The van der Waals surface area contributed by atoms with Crippen LogP contribution in [0.25, 0.3) is 27.9 Å². The summed E-state index contributed by atoms with van der Waals surface area (Å²) in [7, 11) is 0. The number of carbonyl (C=O) groups excluding carboxylic acids is 1. The van der Waals surface area contributed by atoms with Crippen LogP contribution in [0.2, 0.25) is 0 Å². The summed E-state index contributed by atoms with van der Waals surface area (Å²) in [6, 6.07) is 15.7. The highest BCUT2D eigenvalue weighted by atomic mass is 16.1. The summed E-state index contributed by atoms with van der Waals surface area (Å²) < 4.78 is 2.00. The van der Waals surface area contributed by atoms with E-state index in [4.69, 9.17) is 9.97 Å². The minimum absolute atomic E-state index is 0.0981. The molecule has 7 heteroatoms. The van der Waals surface area contributed by atoms with Gasteiger partial charge in [-0.15, -0.1) is 0 Å². The molecule has 0 atom stereocenters. The molecule has 2 aromatic heterocycles. The van der Waals surface area contributed by atoms with E-state index in [0.29, 0.717) is 12.1 Å². The first-order valence-corrected chi connectivity index (χ1v) is 11.3. The Bertz CT molecular complexity index is 1280. The molecule has 0 bridgehead atoms. The van der Waals surface area contributed by atoms with Crippen molar-refractivity contribution in [3.8, 4) is 11.3 Å². The first-order chi connectivity index (χ1) is 16.3. The van der Waals surface area contributed by atoms with Gasteiger partial charge in [-0.25, -0.2) is 15.0 Å². The Hall–Kier alpha value is -3.84. The molecule has 7 nitrogen and oxygen atoms in total. The molecule has 33 heavy (non-hydrogen) atoms. The van der Waals surface area contributed by atoms with Crippen molar-refractivity contribution < 1.29 is 4.79 Å². The Labute approximate surface area is 192 Å². The van der Waals surface area contributed by atoms with Gasteiger partial charge in [0.2, 0.25) is 0 Å². The van der Waals surface area contributed by atoms with Gasteiger partial charge in [0.1, 0.15) is 0 Å². The predicted molar refractivity (Wildman–Crippen MR) is 130 cm³/mol. The summed E-state index contributed by atoms with van der Waals surface area (Å²) in [5, 5.41) is 6.36. The van der Waals surface area contributed by atoms with Gasteiger partial charge < -0.3 is 15.2 Å². The average molecular weight is 439 g/mol. The number of hydrogen-bond acceptors (Lipinski definition) is 5. The topological polar surface area (TPSA) is 84.7 Å². The van der Waals surface area contributed by atoms with E-state index in [2.05, 4.69) is 33.8 Å². The predicted octanol–water partition coefficient (Wildman–Crippen LogP) is 3.69. The highest BCUT2D eigenvalue weighted by molar-refractivity contribution is 5.97. The number of amides is 1. The zero-order valence-electron chi connectivity index (χ0n) is 18.4. The van der Waals surface area contributed by atoms with E-state index in [1.165, 1.54) is 5.57 Å². The summed E-state index contributed by atoms with van der Waals surface area (Å²) >= 11 is 0. The van der Waals surface area contributed by atoms with Gasteiger partial charge in [-0.05, 0) is 43.2 Å². The second-order valence-corrected chi connectivity index (χ2v) is 8.08. The standard InChI is InChI=1S/C26H26N6O/c33-26(29-11-4-15-32-16-14-28-18-32)21-7-8-22-23(17-21)31-25(20-9-12-27-13-10-20)24(30-22)19-5-2-1-3-6-19/h1-3,5-9,14,16-18,27H,4,10-13,15H2,(H,29,33). The monoisotopic (exact) mass is 438 g/mol. The van der Waals surface area contributed by atoms with Crippen LogP contribution in [0.15, 0.2) is 73.3 Å². The van der Waals surface area contributed by atoms with E-state index in [0.717, 1.165) is 60.5 Å². The zero-order valence-corrected chi connectivity index (χ0v) is 18.4. The fraction of sp³-hybridized carbons (Fsp3) is 0.231. The smallest absolute Gasteiger partial charge is 0.251 e. The lowest BCUT2D eigenvalue weighted by atomic mass is 9.99. The van der Waals surface area contributed by atoms with Crippen molar-refractivity contribution in [1.29, 1.82) is 0 Å². The van der Waals surface area contributed by atoms with Gasteiger partial charge >= 0.3 is 0 Å². The van der Waals surface area contributed by atoms with Crippen LogP contribution in [0.3, 0.4) is 0 Å². The van der Waals surface area contributed by atoms with Crippen LogP contribution in [0.4, 0.5) is 0 Å². The first-order valence-electron chi connectivity index (χ1n) is 11.3. The molecule has 166 valence electrons. The summed E-state index contributed by atoms with van der Waals surface area (Å²) in [4.78, 5) is 26.7. The maximum absolute atomic E-state index is 12.7. The second-order valence-electron chi connectivity index (χ2n) is 8.08. The molecule has 0 spiro atoms. The SMILES string of the molecule is O=C(NCCCn1ccnc1)c1ccc2nc(-c3ccccc3)c(C3=CCNCC3)nc2c1. The number of aryl methyl sites for hydroxylation is 1. The van der Waals surface area contributed by atoms with Crippen LogP contribution < -0.4 is 10.6 Å². The molecule has 1 amide bonds. The molecule has 3 heterocycles. The fourth-order valence-corrected chi connectivity index (χ4v) is 4.04. The van der Waals surface area contributed by atoms with Crippen LogP contribution in [0.1, 0.15) is 28.9 Å². The van der Waals surface area contributed by atoms with E-state index in [9.17, 15) is 4.79 Å². The summed E-state index contributed by atoms with van der Waals surface area (Å²) in [6.45, 7) is 3.16. The van der Waals surface area contributed by atoms with Crippen molar-refractivity contribution in [2.45, 2.75) is 19.4 Å². The molecule has 1 aliphatic heterocycles. The van der Waals surface area contributed by atoms with Crippen LogP contribution in [-0.4, -0.2) is 45.1 Å². The van der Waals surface area contributed by atoms with E-state index < -0.39 is 0 Å². The first kappa shape index (κ1) is 21.0. The Balaban J connectivity index is 1.41. The lowest BCUT2D eigenvalue weighted by molar-refractivity contribution is 0.0953. The number of imidazole rings is 1. The molecule has 2 N–H and O–H groups in total. The second kappa shape index (κ2) is 9.75. The van der Waals surface area contributed by atoms with Gasteiger partial charge in [-0.1, -0.05) is 36.4 Å². The number of benzene rings is 2. The molecule has 0 fully saturated rings. The maximum atomic E-state index is 12.7. The number of rotatable bonds is 7. The average Bonchev–Trinajstić information content (AvgIpc) is 3.40. The molecule has 0 saturated heterocycles. The number of fused-ring (bicyclic) bond motifs is 1. The van der Waals surface area contributed by atoms with E-state index >= 15 is 0 Å². The summed E-state index contributed by atoms with van der Waals surface area (Å²) in [5.41, 5.74) is 6.12. The highest BCUT2D eigenvalue weighted by Crippen LogP contribution is 2.30. The lowest BCUT2D eigenvalue weighted by Gasteiger charge is -2.17. The van der Waals surface area contributed by atoms with Crippen molar-refractivity contribution in [3.05, 3.63) is 84.6 Å². The molecule has 0 aliphatic carbocycles. The summed E-state index contributed by atoms with van der Waals surface area (Å²) in [5.74, 6) is -0.0981. The highest BCUT2D eigenvalue weighted by Gasteiger charge is 2.17. The molecule has 1 aliphatic rings. The van der Waals surface area contributed by atoms with E-state index in [-0.39, 0.29) is 5.91 Å². The maximum Gasteiger partial charge on any atom is 0.251 e. The molecule has 0 saturated carbocycles. The molecular formula is C26H26N6O. The van der Waals surface area contributed by atoms with Crippen LogP contribution in [-0.2, 0) is 6.54 Å². The zero-order chi connectivity index (χ0) is 22.5. The van der Waals surface area contributed by atoms with Gasteiger partial charge in [0.25, 0.3) is 5.91 Å². The van der Waals surface area contributed by atoms with Crippen molar-refractivity contribution >= 4 is 22.5 Å². The number of nitrogens with one attached hydrogen (secondary N) is 2. The van der Waals surface area contributed by atoms with E-state index in [1.807, 2.05) is 47.2 Å². The van der Waals surface area contributed by atoms with Crippen molar-refractivity contribution in [2.24, 2.45) is 0 Å². The Morgan fingerprint density at radius 2 is 1.94 bits per heavy atom. The largest absolute Gasteiger partial charge is 0.352 e. The third-order valence-electron chi connectivity index (χ3n) is 5.78. The molecule has 0 unspecified atom stereocenters.